The first-order valence-corrected chi connectivity index (χ1v) is 6.28. The molecule has 0 aliphatic carbocycles. The maximum absolute atomic E-state index is 11.2. The Balaban J connectivity index is 2.78. The molecule has 4 heteroatoms. The van der Waals surface area contributed by atoms with E-state index in [-0.39, 0.29) is 11.9 Å². The second-order valence-electron chi connectivity index (χ2n) is 3.22. The number of hydrogen-bond donors (Lipinski definition) is 1. The summed E-state index contributed by atoms with van der Waals surface area (Å²) in [5, 5.41) is 3.93. The molecule has 0 aliphatic heterocycles. The van der Waals surface area contributed by atoms with Crippen LogP contribution in [-0.4, -0.2) is 11.2 Å². The van der Waals surface area contributed by atoms with Gasteiger partial charge in [0.2, 0.25) is 5.91 Å². The Hall–Kier alpha value is -0.540. The molecular weight excluding hydrogens is 277 g/mol. The van der Waals surface area contributed by atoms with Gasteiger partial charge >= 0.3 is 0 Å². The molecular formula is C11H13BrClNO. The zero-order valence-corrected chi connectivity index (χ0v) is 10.8. The van der Waals surface area contributed by atoms with Gasteiger partial charge in [0.25, 0.3) is 0 Å². The summed E-state index contributed by atoms with van der Waals surface area (Å²) in [6.45, 7) is 2.03. The standard InChI is InChI=1S/C11H13BrClNO/c1-2-10(14-11(15)7-12)8-4-3-5-9(13)6-8/h3-6,10H,2,7H2,1H3,(H,14,15). The van der Waals surface area contributed by atoms with E-state index in [2.05, 4.69) is 21.2 Å². The number of hydrogen-bond acceptors (Lipinski definition) is 1. The quantitative estimate of drug-likeness (QED) is 0.847. The predicted molar refractivity (Wildman–Crippen MR) is 66.4 cm³/mol. The van der Waals surface area contributed by atoms with Gasteiger partial charge < -0.3 is 5.32 Å². The van der Waals surface area contributed by atoms with E-state index in [1.807, 2.05) is 31.2 Å². The molecule has 1 unspecified atom stereocenters. The molecule has 2 nitrogen and oxygen atoms in total. The van der Waals surface area contributed by atoms with E-state index in [4.69, 9.17) is 11.6 Å². The van der Waals surface area contributed by atoms with Crippen LogP contribution < -0.4 is 5.32 Å². The minimum absolute atomic E-state index is 0.0122. The fourth-order valence-corrected chi connectivity index (χ4v) is 1.74. The molecule has 1 rings (SSSR count). The lowest BCUT2D eigenvalue weighted by atomic mass is 10.0. The highest BCUT2D eigenvalue weighted by atomic mass is 79.9. The van der Waals surface area contributed by atoms with Crippen LogP contribution in [0.3, 0.4) is 0 Å². The normalized spacial score (nSPS) is 12.2. The van der Waals surface area contributed by atoms with E-state index in [1.54, 1.807) is 0 Å². The van der Waals surface area contributed by atoms with Gasteiger partial charge in [0.15, 0.2) is 0 Å². The summed E-state index contributed by atoms with van der Waals surface area (Å²) < 4.78 is 0. The van der Waals surface area contributed by atoms with Crippen LogP contribution >= 0.6 is 27.5 Å². The molecule has 1 amide bonds. The molecule has 1 aromatic rings. The van der Waals surface area contributed by atoms with E-state index in [9.17, 15) is 4.79 Å². The molecule has 15 heavy (non-hydrogen) atoms. The summed E-state index contributed by atoms with van der Waals surface area (Å²) in [5.41, 5.74) is 1.04. The lowest BCUT2D eigenvalue weighted by Gasteiger charge is -2.16. The molecule has 0 aromatic heterocycles. The van der Waals surface area contributed by atoms with E-state index >= 15 is 0 Å². The van der Waals surface area contributed by atoms with E-state index in [1.165, 1.54) is 0 Å². The van der Waals surface area contributed by atoms with Crippen molar-refractivity contribution in [3.8, 4) is 0 Å². The van der Waals surface area contributed by atoms with E-state index < -0.39 is 0 Å². The van der Waals surface area contributed by atoms with Crippen LogP contribution in [0, 0.1) is 0 Å². The van der Waals surface area contributed by atoms with Crippen LogP contribution in [0.4, 0.5) is 0 Å². The third-order valence-electron chi connectivity index (χ3n) is 2.12. The van der Waals surface area contributed by atoms with Gasteiger partial charge in [-0.3, -0.25) is 4.79 Å². The maximum atomic E-state index is 11.2. The van der Waals surface area contributed by atoms with Crippen molar-refractivity contribution in [2.45, 2.75) is 19.4 Å². The Morgan fingerprint density at radius 3 is 2.87 bits per heavy atom. The van der Waals surface area contributed by atoms with Gasteiger partial charge in [0, 0.05) is 5.02 Å². The SMILES string of the molecule is CCC(NC(=O)CBr)c1cccc(Cl)c1. The minimum atomic E-state index is -0.0122. The zero-order chi connectivity index (χ0) is 11.3. The average molecular weight is 291 g/mol. The lowest BCUT2D eigenvalue weighted by Crippen LogP contribution is -2.28. The van der Waals surface area contributed by atoms with Crippen LogP contribution in [0.15, 0.2) is 24.3 Å². The van der Waals surface area contributed by atoms with E-state index in [0.717, 1.165) is 12.0 Å². The Bertz CT molecular complexity index is 343. The molecule has 0 bridgehead atoms. The first kappa shape index (κ1) is 12.5. The predicted octanol–water partition coefficient (Wildman–Crippen LogP) is 3.30. The molecule has 0 saturated heterocycles. The summed E-state index contributed by atoms with van der Waals surface area (Å²) in [4.78, 5) is 11.2. The largest absolute Gasteiger partial charge is 0.349 e. The van der Waals surface area contributed by atoms with Gasteiger partial charge in [-0.2, -0.15) is 0 Å². The molecule has 0 aliphatic rings. The maximum Gasteiger partial charge on any atom is 0.231 e. The van der Waals surface area contributed by atoms with Gasteiger partial charge in [0.1, 0.15) is 0 Å². The number of carbonyl (C=O) groups is 1. The molecule has 0 radical (unpaired) electrons. The second kappa shape index (κ2) is 6.13. The second-order valence-corrected chi connectivity index (χ2v) is 4.21. The topological polar surface area (TPSA) is 29.1 Å². The summed E-state index contributed by atoms with van der Waals surface area (Å²) in [6, 6.07) is 7.59. The number of halogens is 2. The molecule has 1 aromatic carbocycles. The molecule has 0 spiro atoms. The van der Waals surface area contributed by atoms with Crippen molar-refractivity contribution in [3.05, 3.63) is 34.9 Å². The zero-order valence-electron chi connectivity index (χ0n) is 8.47. The molecule has 0 saturated carbocycles. The summed E-state index contributed by atoms with van der Waals surface area (Å²) in [7, 11) is 0. The number of carbonyl (C=O) groups excluding carboxylic acids is 1. The van der Waals surface area contributed by atoms with Crippen molar-refractivity contribution in [2.24, 2.45) is 0 Å². The van der Waals surface area contributed by atoms with Gasteiger partial charge in [-0.15, -0.1) is 0 Å². The third kappa shape index (κ3) is 3.84. The van der Waals surface area contributed by atoms with Crippen molar-refractivity contribution >= 4 is 33.4 Å². The Morgan fingerprint density at radius 2 is 2.33 bits per heavy atom. The monoisotopic (exact) mass is 289 g/mol. The van der Waals surface area contributed by atoms with Gasteiger partial charge in [-0.1, -0.05) is 46.6 Å². The lowest BCUT2D eigenvalue weighted by molar-refractivity contribution is -0.119. The fourth-order valence-electron chi connectivity index (χ4n) is 1.38. The summed E-state index contributed by atoms with van der Waals surface area (Å²) in [5.74, 6) is -0.0122. The van der Waals surface area contributed by atoms with Crippen molar-refractivity contribution in [2.75, 3.05) is 5.33 Å². The van der Waals surface area contributed by atoms with Crippen LogP contribution in [0.1, 0.15) is 24.9 Å². The van der Waals surface area contributed by atoms with Crippen molar-refractivity contribution < 1.29 is 4.79 Å². The van der Waals surface area contributed by atoms with Crippen LogP contribution in [0.25, 0.3) is 0 Å². The highest BCUT2D eigenvalue weighted by Crippen LogP contribution is 2.20. The van der Waals surface area contributed by atoms with Gasteiger partial charge in [-0.25, -0.2) is 0 Å². The van der Waals surface area contributed by atoms with Crippen molar-refractivity contribution in [3.63, 3.8) is 0 Å². The number of rotatable bonds is 4. The Morgan fingerprint density at radius 1 is 1.60 bits per heavy atom. The van der Waals surface area contributed by atoms with Crippen molar-refractivity contribution in [1.82, 2.24) is 5.32 Å². The average Bonchev–Trinajstić information content (AvgIpc) is 2.25. The number of alkyl halides is 1. The fraction of sp³-hybridized carbons (Fsp3) is 0.364. The smallest absolute Gasteiger partial charge is 0.231 e. The van der Waals surface area contributed by atoms with E-state index in [0.29, 0.717) is 10.4 Å². The molecule has 1 N–H and O–H groups in total. The highest BCUT2D eigenvalue weighted by molar-refractivity contribution is 9.09. The number of amides is 1. The highest BCUT2D eigenvalue weighted by Gasteiger charge is 2.11. The molecule has 0 heterocycles. The molecule has 0 fully saturated rings. The first-order chi connectivity index (χ1) is 7.17. The van der Waals surface area contributed by atoms with Crippen LogP contribution in [0.2, 0.25) is 5.02 Å². The number of nitrogens with one attached hydrogen (secondary N) is 1. The summed E-state index contributed by atoms with van der Waals surface area (Å²) in [6.07, 6.45) is 0.846. The van der Waals surface area contributed by atoms with Gasteiger partial charge in [-0.05, 0) is 24.1 Å². The first-order valence-electron chi connectivity index (χ1n) is 4.78. The Kier molecular flexibility index (Phi) is 5.12. The molecule has 82 valence electrons. The Labute approximate surface area is 103 Å². The van der Waals surface area contributed by atoms with Gasteiger partial charge in [0.05, 0.1) is 11.4 Å². The van der Waals surface area contributed by atoms with Crippen molar-refractivity contribution in [1.29, 1.82) is 0 Å². The van der Waals surface area contributed by atoms with Crippen LogP contribution in [-0.2, 0) is 4.79 Å². The summed E-state index contributed by atoms with van der Waals surface area (Å²) >= 11 is 9.02. The van der Waals surface area contributed by atoms with Crippen LogP contribution in [0.5, 0.6) is 0 Å². The molecule has 1 atom stereocenters. The number of benzene rings is 1. The third-order valence-corrected chi connectivity index (χ3v) is 2.86. The minimum Gasteiger partial charge on any atom is -0.349 e.